The van der Waals surface area contributed by atoms with Crippen LogP contribution < -0.4 is 10.5 Å². The molecule has 122 valence electrons. The fourth-order valence-corrected chi connectivity index (χ4v) is 3.18. The molecule has 0 radical (unpaired) electrons. The Hall–Kier alpha value is -0.810. The fourth-order valence-electron chi connectivity index (χ4n) is 2.95. The largest absolute Gasteiger partial charge is 0.489 e. The SMILES string of the molecule is N[C@H](CN1CCCCC1)C(O)c1ccc(OC2CC2)c(Cl)c1. The molecule has 1 saturated heterocycles. The molecule has 3 rings (SSSR count). The van der Waals surface area contributed by atoms with Gasteiger partial charge >= 0.3 is 0 Å². The summed E-state index contributed by atoms with van der Waals surface area (Å²) in [7, 11) is 0. The zero-order valence-corrected chi connectivity index (χ0v) is 13.6. The van der Waals surface area contributed by atoms with Gasteiger partial charge in [0.25, 0.3) is 0 Å². The molecule has 3 N–H and O–H groups in total. The molecule has 2 fully saturated rings. The Labute approximate surface area is 137 Å². The van der Waals surface area contributed by atoms with Crippen molar-refractivity contribution >= 4 is 11.6 Å². The van der Waals surface area contributed by atoms with Crippen molar-refractivity contribution in [3.63, 3.8) is 0 Å². The van der Waals surface area contributed by atoms with Crippen LogP contribution in [-0.4, -0.2) is 41.8 Å². The van der Waals surface area contributed by atoms with Crippen LogP contribution in [0.3, 0.4) is 0 Å². The molecular weight excluding hydrogens is 300 g/mol. The molecule has 0 aromatic heterocycles. The van der Waals surface area contributed by atoms with Gasteiger partial charge in [0.05, 0.1) is 17.2 Å². The second-order valence-corrected chi connectivity index (χ2v) is 6.88. The number of nitrogens with two attached hydrogens (primary N) is 1. The van der Waals surface area contributed by atoms with Gasteiger partial charge in [0.1, 0.15) is 5.75 Å². The lowest BCUT2D eigenvalue weighted by atomic mass is 10.0. The molecule has 1 heterocycles. The minimum Gasteiger partial charge on any atom is -0.489 e. The van der Waals surface area contributed by atoms with Crippen LogP contribution in [0.25, 0.3) is 0 Å². The van der Waals surface area contributed by atoms with Gasteiger partial charge in [-0.2, -0.15) is 0 Å². The van der Waals surface area contributed by atoms with Gasteiger partial charge in [0, 0.05) is 12.6 Å². The lowest BCUT2D eigenvalue weighted by Gasteiger charge is -2.30. The Balaban J connectivity index is 1.60. The molecule has 4 nitrogen and oxygen atoms in total. The Kier molecular flexibility index (Phi) is 5.24. The average molecular weight is 325 g/mol. The van der Waals surface area contributed by atoms with E-state index in [-0.39, 0.29) is 6.04 Å². The summed E-state index contributed by atoms with van der Waals surface area (Å²) in [6, 6.07) is 5.18. The van der Waals surface area contributed by atoms with E-state index in [2.05, 4.69) is 4.90 Å². The van der Waals surface area contributed by atoms with Crippen LogP contribution in [0.2, 0.25) is 5.02 Å². The number of aliphatic hydroxyl groups excluding tert-OH is 1. The van der Waals surface area contributed by atoms with Gasteiger partial charge in [-0.1, -0.05) is 24.1 Å². The van der Waals surface area contributed by atoms with E-state index in [0.717, 1.165) is 38.0 Å². The van der Waals surface area contributed by atoms with Crippen LogP contribution in [0.4, 0.5) is 0 Å². The predicted octanol–water partition coefficient (Wildman–Crippen LogP) is 2.73. The first kappa shape index (κ1) is 16.1. The van der Waals surface area contributed by atoms with Gasteiger partial charge in [-0.3, -0.25) is 0 Å². The molecule has 1 aliphatic heterocycles. The van der Waals surface area contributed by atoms with Crippen molar-refractivity contribution in [1.82, 2.24) is 4.90 Å². The number of likely N-dealkylation sites (tertiary alicyclic amines) is 1. The van der Waals surface area contributed by atoms with Crippen molar-refractivity contribution in [2.45, 2.75) is 50.4 Å². The summed E-state index contributed by atoms with van der Waals surface area (Å²) in [6.45, 7) is 2.88. The summed E-state index contributed by atoms with van der Waals surface area (Å²) in [5, 5.41) is 11.0. The molecule has 2 atom stereocenters. The summed E-state index contributed by atoms with van der Waals surface area (Å²) in [5.74, 6) is 0.699. The smallest absolute Gasteiger partial charge is 0.138 e. The lowest BCUT2D eigenvalue weighted by molar-refractivity contribution is 0.111. The number of aliphatic hydroxyl groups is 1. The third kappa shape index (κ3) is 4.13. The van der Waals surface area contributed by atoms with E-state index >= 15 is 0 Å². The number of hydrogen-bond donors (Lipinski definition) is 2. The number of ether oxygens (including phenoxy) is 1. The van der Waals surface area contributed by atoms with Crippen LogP contribution in [0.5, 0.6) is 5.75 Å². The lowest BCUT2D eigenvalue weighted by Crippen LogP contribution is -2.43. The highest BCUT2D eigenvalue weighted by atomic mass is 35.5. The van der Waals surface area contributed by atoms with Crippen LogP contribution in [0.1, 0.15) is 43.8 Å². The van der Waals surface area contributed by atoms with E-state index in [1.807, 2.05) is 12.1 Å². The molecule has 2 aliphatic rings. The molecule has 22 heavy (non-hydrogen) atoms. The third-order valence-corrected chi connectivity index (χ3v) is 4.73. The topological polar surface area (TPSA) is 58.7 Å². The standard InChI is InChI=1S/C17H25ClN2O2/c18-14-10-12(4-7-16(14)22-13-5-6-13)17(21)15(19)11-20-8-2-1-3-9-20/h4,7,10,13,15,17,21H,1-3,5-6,8-9,11,19H2/t15-,17?/m1/s1. The van der Waals surface area contributed by atoms with Crippen LogP contribution in [-0.2, 0) is 0 Å². The molecule has 1 aromatic carbocycles. The molecule has 1 unspecified atom stereocenters. The van der Waals surface area contributed by atoms with Gasteiger partial charge in [-0.15, -0.1) is 0 Å². The third-order valence-electron chi connectivity index (χ3n) is 4.44. The maximum Gasteiger partial charge on any atom is 0.138 e. The molecule has 5 heteroatoms. The van der Waals surface area contributed by atoms with Gasteiger partial charge in [-0.05, 0) is 56.5 Å². The average Bonchev–Trinajstić information content (AvgIpc) is 3.33. The number of rotatable bonds is 6. The molecule has 0 bridgehead atoms. The van der Waals surface area contributed by atoms with E-state index in [1.165, 1.54) is 19.3 Å². The van der Waals surface area contributed by atoms with Crippen LogP contribution >= 0.6 is 11.6 Å². The fraction of sp³-hybridized carbons (Fsp3) is 0.647. The first-order valence-corrected chi connectivity index (χ1v) is 8.63. The summed E-state index contributed by atoms with van der Waals surface area (Å²) >= 11 is 6.25. The maximum absolute atomic E-state index is 10.5. The number of piperidine rings is 1. The quantitative estimate of drug-likeness (QED) is 0.844. The summed E-state index contributed by atoms with van der Waals surface area (Å²) in [6.07, 6.45) is 5.56. The predicted molar refractivity (Wildman–Crippen MR) is 88.3 cm³/mol. The van der Waals surface area contributed by atoms with Crippen LogP contribution in [0, 0.1) is 0 Å². The molecule has 1 saturated carbocycles. The summed E-state index contributed by atoms with van der Waals surface area (Å²) in [4.78, 5) is 2.34. The van der Waals surface area contributed by atoms with E-state index in [4.69, 9.17) is 22.1 Å². The second-order valence-electron chi connectivity index (χ2n) is 6.48. The van der Waals surface area contributed by atoms with Gasteiger partial charge < -0.3 is 20.5 Å². The van der Waals surface area contributed by atoms with E-state index in [0.29, 0.717) is 16.9 Å². The molecule has 1 aliphatic carbocycles. The zero-order valence-electron chi connectivity index (χ0n) is 12.9. The molecule has 1 aromatic rings. The minimum atomic E-state index is -0.700. The van der Waals surface area contributed by atoms with Gasteiger partial charge in [0.2, 0.25) is 0 Å². The summed E-state index contributed by atoms with van der Waals surface area (Å²) in [5.41, 5.74) is 6.95. The monoisotopic (exact) mass is 324 g/mol. The molecule has 0 spiro atoms. The minimum absolute atomic E-state index is 0.302. The Morgan fingerprint density at radius 2 is 2.00 bits per heavy atom. The maximum atomic E-state index is 10.5. The highest BCUT2D eigenvalue weighted by Crippen LogP contribution is 2.33. The second kappa shape index (κ2) is 7.18. The van der Waals surface area contributed by atoms with E-state index in [9.17, 15) is 5.11 Å². The highest BCUT2D eigenvalue weighted by molar-refractivity contribution is 6.32. The number of hydrogen-bond acceptors (Lipinski definition) is 4. The van der Waals surface area contributed by atoms with Crippen LogP contribution in [0.15, 0.2) is 18.2 Å². The summed E-state index contributed by atoms with van der Waals surface area (Å²) < 4.78 is 5.72. The van der Waals surface area contributed by atoms with E-state index in [1.54, 1.807) is 6.07 Å². The van der Waals surface area contributed by atoms with Crippen molar-refractivity contribution in [3.8, 4) is 5.75 Å². The Bertz CT molecular complexity index is 501. The molecule has 0 amide bonds. The van der Waals surface area contributed by atoms with Gasteiger partial charge in [-0.25, -0.2) is 0 Å². The van der Waals surface area contributed by atoms with Crippen molar-refractivity contribution in [2.24, 2.45) is 5.73 Å². The van der Waals surface area contributed by atoms with Crippen molar-refractivity contribution in [2.75, 3.05) is 19.6 Å². The Morgan fingerprint density at radius 3 is 2.64 bits per heavy atom. The van der Waals surface area contributed by atoms with Gasteiger partial charge in [0.15, 0.2) is 0 Å². The van der Waals surface area contributed by atoms with Crippen molar-refractivity contribution in [3.05, 3.63) is 28.8 Å². The number of nitrogens with zero attached hydrogens (tertiary/aromatic N) is 1. The number of benzene rings is 1. The zero-order chi connectivity index (χ0) is 15.5. The highest BCUT2D eigenvalue weighted by Gasteiger charge is 2.25. The molecular formula is C17H25ClN2O2. The normalized spacial score (nSPS) is 22.3. The Morgan fingerprint density at radius 1 is 1.27 bits per heavy atom. The first-order chi connectivity index (χ1) is 10.6. The van der Waals surface area contributed by atoms with E-state index < -0.39 is 6.10 Å². The van der Waals surface area contributed by atoms with Crippen molar-refractivity contribution in [1.29, 1.82) is 0 Å². The van der Waals surface area contributed by atoms with Crippen molar-refractivity contribution < 1.29 is 9.84 Å². The number of halogens is 1. The first-order valence-electron chi connectivity index (χ1n) is 8.25.